The smallest absolute Gasteiger partial charge is 0.317 e. The molecule has 0 bridgehead atoms. The van der Waals surface area contributed by atoms with Crippen molar-refractivity contribution in [2.75, 3.05) is 37.9 Å². The summed E-state index contributed by atoms with van der Waals surface area (Å²) in [7, 11) is 0. The van der Waals surface area contributed by atoms with Crippen LogP contribution in [0.1, 0.15) is 32.1 Å². The van der Waals surface area contributed by atoms with Crippen LogP contribution in [-0.2, 0) is 0 Å². The van der Waals surface area contributed by atoms with Gasteiger partial charge in [-0.3, -0.25) is 0 Å². The molecule has 1 aromatic rings. The molecule has 0 aromatic heterocycles. The van der Waals surface area contributed by atoms with Crippen LogP contribution >= 0.6 is 0 Å². The third-order valence-corrected chi connectivity index (χ3v) is 5.22. The molecule has 6 nitrogen and oxygen atoms in total. The molecule has 4 rings (SSSR count). The molecule has 2 aliphatic heterocycles. The molecular formula is C18H25N3O3. The van der Waals surface area contributed by atoms with Crippen LogP contribution in [0, 0.1) is 0 Å². The Labute approximate surface area is 142 Å². The fraction of sp³-hybridized carbons (Fsp3) is 0.611. The van der Waals surface area contributed by atoms with Gasteiger partial charge in [-0.1, -0.05) is 19.3 Å². The van der Waals surface area contributed by atoms with E-state index in [0.717, 1.165) is 56.2 Å². The van der Waals surface area contributed by atoms with Gasteiger partial charge in [-0.25, -0.2) is 4.79 Å². The van der Waals surface area contributed by atoms with E-state index in [9.17, 15) is 4.79 Å². The summed E-state index contributed by atoms with van der Waals surface area (Å²) in [4.78, 5) is 16.7. The van der Waals surface area contributed by atoms with E-state index in [4.69, 9.17) is 9.47 Å². The molecular weight excluding hydrogens is 306 g/mol. The molecule has 0 atom stereocenters. The number of amides is 2. The van der Waals surface area contributed by atoms with Gasteiger partial charge in [0.25, 0.3) is 0 Å². The lowest BCUT2D eigenvalue weighted by molar-refractivity contribution is 0.174. The van der Waals surface area contributed by atoms with E-state index in [1.807, 2.05) is 17.0 Å². The van der Waals surface area contributed by atoms with Gasteiger partial charge >= 0.3 is 6.03 Å². The number of hydrogen-bond acceptors (Lipinski definition) is 4. The van der Waals surface area contributed by atoms with E-state index in [-0.39, 0.29) is 6.03 Å². The minimum absolute atomic E-state index is 0.104. The number of hydrogen-bond donors (Lipinski definition) is 1. The molecule has 1 N–H and O–H groups in total. The number of rotatable bonds is 2. The van der Waals surface area contributed by atoms with Crippen LogP contribution in [0.25, 0.3) is 0 Å². The van der Waals surface area contributed by atoms with E-state index in [1.165, 1.54) is 19.3 Å². The Kier molecular flexibility index (Phi) is 4.36. The average molecular weight is 331 g/mol. The van der Waals surface area contributed by atoms with Gasteiger partial charge in [0.2, 0.25) is 6.79 Å². The number of benzene rings is 1. The number of ether oxygens (including phenoxy) is 2. The number of carbonyl (C=O) groups is 1. The topological polar surface area (TPSA) is 54.0 Å². The maximum absolute atomic E-state index is 12.4. The first-order valence-corrected chi connectivity index (χ1v) is 9.00. The summed E-state index contributed by atoms with van der Waals surface area (Å²) in [5, 5.41) is 3.21. The molecule has 24 heavy (non-hydrogen) atoms. The minimum atomic E-state index is 0.104. The second-order valence-electron chi connectivity index (χ2n) is 6.80. The van der Waals surface area contributed by atoms with Crippen molar-refractivity contribution in [2.45, 2.75) is 38.1 Å². The van der Waals surface area contributed by atoms with Crippen molar-refractivity contribution in [3.63, 3.8) is 0 Å². The summed E-state index contributed by atoms with van der Waals surface area (Å²) < 4.78 is 10.8. The normalized spacial score (nSPS) is 21.0. The average Bonchev–Trinajstić information content (AvgIpc) is 3.10. The Morgan fingerprint density at radius 1 is 1.00 bits per heavy atom. The fourth-order valence-electron chi connectivity index (χ4n) is 3.76. The number of nitrogens with zero attached hydrogens (tertiary/aromatic N) is 2. The SMILES string of the molecule is O=C(NC1CCCCC1)N1CCN(c2ccc3c(c2)OCO3)CC1. The van der Waals surface area contributed by atoms with Crippen molar-refractivity contribution in [2.24, 2.45) is 0 Å². The summed E-state index contributed by atoms with van der Waals surface area (Å²) >= 11 is 0. The molecule has 6 heteroatoms. The molecule has 1 aliphatic carbocycles. The molecule has 0 spiro atoms. The van der Waals surface area contributed by atoms with Crippen LogP contribution < -0.4 is 19.7 Å². The highest BCUT2D eigenvalue weighted by molar-refractivity contribution is 5.75. The first kappa shape index (κ1) is 15.4. The van der Waals surface area contributed by atoms with Gasteiger partial charge in [0, 0.05) is 44.0 Å². The van der Waals surface area contributed by atoms with E-state index in [2.05, 4.69) is 16.3 Å². The van der Waals surface area contributed by atoms with Crippen molar-refractivity contribution >= 4 is 11.7 Å². The molecule has 2 amide bonds. The standard InChI is InChI=1S/C18H25N3O3/c22-18(19-14-4-2-1-3-5-14)21-10-8-20(9-11-21)15-6-7-16-17(12-15)24-13-23-16/h6-7,12,14H,1-5,8-11,13H2,(H,19,22). The molecule has 1 saturated heterocycles. The third kappa shape index (κ3) is 3.23. The minimum Gasteiger partial charge on any atom is -0.454 e. The fourth-order valence-corrected chi connectivity index (χ4v) is 3.76. The highest BCUT2D eigenvalue weighted by atomic mass is 16.7. The van der Waals surface area contributed by atoms with Crippen molar-refractivity contribution in [1.29, 1.82) is 0 Å². The van der Waals surface area contributed by atoms with E-state index in [1.54, 1.807) is 0 Å². The largest absolute Gasteiger partial charge is 0.454 e. The third-order valence-electron chi connectivity index (χ3n) is 5.22. The Hall–Kier alpha value is -2.11. The van der Waals surface area contributed by atoms with Gasteiger partial charge in [0.1, 0.15) is 0 Å². The number of carbonyl (C=O) groups excluding carboxylic acids is 1. The monoisotopic (exact) mass is 331 g/mol. The van der Waals surface area contributed by atoms with Gasteiger partial charge in [-0.15, -0.1) is 0 Å². The Morgan fingerprint density at radius 3 is 2.54 bits per heavy atom. The molecule has 130 valence electrons. The molecule has 2 heterocycles. The lowest BCUT2D eigenvalue weighted by atomic mass is 9.96. The first-order chi connectivity index (χ1) is 11.8. The zero-order valence-corrected chi connectivity index (χ0v) is 14.0. The van der Waals surface area contributed by atoms with Crippen molar-refractivity contribution in [3.8, 4) is 11.5 Å². The van der Waals surface area contributed by atoms with Gasteiger partial charge in [0.05, 0.1) is 0 Å². The van der Waals surface area contributed by atoms with Crippen LogP contribution in [0.5, 0.6) is 11.5 Å². The summed E-state index contributed by atoms with van der Waals surface area (Å²) in [6.45, 7) is 3.50. The molecule has 1 saturated carbocycles. The number of piperazine rings is 1. The Balaban J connectivity index is 1.30. The van der Waals surface area contributed by atoms with Gasteiger partial charge < -0.3 is 24.6 Å². The molecule has 2 fully saturated rings. The van der Waals surface area contributed by atoms with Crippen LogP contribution in [-0.4, -0.2) is 49.9 Å². The van der Waals surface area contributed by atoms with Crippen LogP contribution in [0.3, 0.4) is 0 Å². The Morgan fingerprint density at radius 2 is 1.75 bits per heavy atom. The second kappa shape index (κ2) is 6.79. The predicted octanol–water partition coefficient (Wildman–Crippen LogP) is 2.58. The maximum Gasteiger partial charge on any atom is 0.317 e. The highest BCUT2D eigenvalue weighted by Crippen LogP contribution is 2.35. The lowest BCUT2D eigenvalue weighted by Gasteiger charge is -2.37. The summed E-state index contributed by atoms with van der Waals surface area (Å²) in [6, 6.07) is 6.52. The van der Waals surface area contributed by atoms with E-state index >= 15 is 0 Å². The van der Waals surface area contributed by atoms with Gasteiger partial charge in [-0.05, 0) is 25.0 Å². The molecule has 0 radical (unpaired) electrons. The summed E-state index contributed by atoms with van der Waals surface area (Å²) in [6.07, 6.45) is 6.04. The molecule has 0 unspecified atom stereocenters. The first-order valence-electron chi connectivity index (χ1n) is 9.00. The van der Waals surface area contributed by atoms with E-state index < -0.39 is 0 Å². The molecule has 3 aliphatic rings. The quantitative estimate of drug-likeness (QED) is 0.905. The predicted molar refractivity (Wildman–Crippen MR) is 91.8 cm³/mol. The molecule has 1 aromatic carbocycles. The number of nitrogens with one attached hydrogen (secondary N) is 1. The lowest BCUT2D eigenvalue weighted by Crippen LogP contribution is -2.53. The van der Waals surface area contributed by atoms with Gasteiger partial charge in [0.15, 0.2) is 11.5 Å². The summed E-state index contributed by atoms with van der Waals surface area (Å²) in [5.74, 6) is 1.62. The zero-order chi connectivity index (χ0) is 16.4. The van der Waals surface area contributed by atoms with Crippen LogP contribution in [0.15, 0.2) is 18.2 Å². The number of fused-ring (bicyclic) bond motifs is 1. The number of urea groups is 1. The van der Waals surface area contributed by atoms with Crippen molar-refractivity contribution < 1.29 is 14.3 Å². The van der Waals surface area contributed by atoms with Crippen LogP contribution in [0.4, 0.5) is 10.5 Å². The van der Waals surface area contributed by atoms with Crippen molar-refractivity contribution in [3.05, 3.63) is 18.2 Å². The second-order valence-corrected chi connectivity index (χ2v) is 6.80. The summed E-state index contributed by atoms with van der Waals surface area (Å²) in [5.41, 5.74) is 1.13. The van der Waals surface area contributed by atoms with E-state index in [0.29, 0.717) is 12.8 Å². The number of anilines is 1. The Bertz CT molecular complexity index is 593. The van der Waals surface area contributed by atoms with Crippen molar-refractivity contribution in [1.82, 2.24) is 10.2 Å². The zero-order valence-electron chi connectivity index (χ0n) is 14.0. The van der Waals surface area contributed by atoms with Crippen LogP contribution in [0.2, 0.25) is 0 Å². The van der Waals surface area contributed by atoms with Gasteiger partial charge in [-0.2, -0.15) is 0 Å². The maximum atomic E-state index is 12.4. The highest BCUT2D eigenvalue weighted by Gasteiger charge is 2.25.